The third-order valence-electron chi connectivity index (χ3n) is 6.70. The first-order valence-electron chi connectivity index (χ1n) is 11.2. The van der Waals surface area contributed by atoms with Gasteiger partial charge in [-0.15, -0.1) is 0 Å². The van der Waals surface area contributed by atoms with E-state index in [9.17, 15) is 19.2 Å². The van der Waals surface area contributed by atoms with E-state index < -0.39 is 28.8 Å². The number of amides is 2. The van der Waals surface area contributed by atoms with Crippen molar-refractivity contribution in [1.29, 1.82) is 0 Å². The Hall–Kier alpha value is -4.31. The maximum absolute atomic E-state index is 14.3. The molecule has 4 aromatic rings. The van der Waals surface area contributed by atoms with Crippen LogP contribution in [0.25, 0.3) is 11.0 Å². The number of hydrogen-bond acceptors (Lipinski definition) is 8. The van der Waals surface area contributed by atoms with Crippen molar-refractivity contribution in [2.45, 2.75) is 19.4 Å². The van der Waals surface area contributed by atoms with E-state index in [1.54, 1.807) is 60.4 Å². The maximum atomic E-state index is 14.3. The van der Waals surface area contributed by atoms with Crippen LogP contribution in [0.1, 0.15) is 44.0 Å². The number of carbonyl (C=O) groups excluding carboxylic acids is 3. The molecule has 1 spiro atoms. The van der Waals surface area contributed by atoms with Gasteiger partial charge in [-0.05, 0) is 32.0 Å². The molecule has 9 nitrogen and oxygen atoms in total. The molecule has 2 aromatic heterocycles. The van der Waals surface area contributed by atoms with Crippen LogP contribution in [0.4, 0.5) is 10.8 Å². The van der Waals surface area contributed by atoms with E-state index in [0.717, 1.165) is 11.3 Å². The zero-order valence-electron chi connectivity index (χ0n) is 19.5. The molecule has 0 fully saturated rings. The second-order valence-electron chi connectivity index (χ2n) is 8.45. The quantitative estimate of drug-likeness (QED) is 0.395. The van der Waals surface area contributed by atoms with Crippen molar-refractivity contribution in [2.24, 2.45) is 0 Å². The Bertz CT molecular complexity index is 1690. The number of para-hydroxylation sites is 2. The number of benzene rings is 2. The minimum atomic E-state index is -1.83. The first kappa shape index (κ1) is 22.2. The number of likely N-dealkylation sites (N-methyl/N-ethyl adjacent to an activating group) is 1. The van der Waals surface area contributed by atoms with Gasteiger partial charge in [0.15, 0.2) is 16.1 Å². The third-order valence-corrected chi connectivity index (χ3v) is 7.82. The summed E-state index contributed by atoms with van der Waals surface area (Å²) in [5.74, 6) is -1.97. The zero-order chi connectivity index (χ0) is 25.4. The summed E-state index contributed by atoms with van der Waals surface area (Å²) in [6.45, 7) is 3.76. The van der Waals surface area contributed by atoms with Crippen LogP contribution in [-0.4, -0.2) is 36.4 Å². The number of anilines is 2. The molecular formula is C26H19N3O6S. The SMILES string of the molecule is CCN1C(=O)C2(c3ccccc31)c1c(oc3ccccc3c1=O)C(=O)N2c1nc(C)c(C(=O)OC)s1. The zero-order valence-corrected chi connectivity index (χ0v) is 20.3. The lowest BCUT2D eigenvalue weighted by Gasteiger charge is -2.32. The van der Waals surface area contributed by atoms with Crippen LogP contribution >= 0.6 is 11.3 Å². The van der Waals surface area contributed by atoms with Gasteiger partial charge in [0.05, 0.1) is 29.4 Å². The van der Waals surface area contributed by atoms with Gasteiger partial charge in [-0.2, -0.15) is 0 Å². The molecule has 4 heterocycles. The number of aryl methyl sites for hydroxylation is 1. The molecule has 0 saturated carbocycles. The van der Waals surface area contributed by atoms with E-state index in [0.29, 0.717) is 23.5 Å². The summed E-state index contributed by atoms with van der Waals surface area (Å²) in [4.78, 5) is 62.1. The molecule has 10 heteroatoms. The molecule has 2 aromatic carbocycles. The fourth-order valence-electron chi connectivity index (χ4n) is 5.18. The number of hydrogen-bond donors (Lipinski definition) is 0. The fraction of sp³-hybridized carbons (Fsp3) is 0.192. The Kier molecular flexibility index (Phi) is 4.68. The number of aromatic nitrogens is 1. The third kappa shape index (κ3) is 2.56. The second-order valence-corrected chi connectivity index (χ2v) is 9.43. The van der Waals surface area contributed by atoms with Crippen LogP contribution in [0, 0.1) is 6.92 Å². The van der Waals surface area contributed by atoms with E-state index >= 15 is 0 Å². The number of thiazole rings is 1. The highest BCUT2D eigenvalue weighted by Gasteiger charge is 2.66. The second kappa shape index (κ2) is 7.59. The van der Waals surface area contributed by atoms with Crippen molar-refractivity contribution in [3.05, 3.63) is 86.2 Å². The number of fused-ring (bicyclic) bond motifs is 5. The van der Waals surface area contributed by atoms with Gasteiger partial charge in [0, 0.05) is 12.1 Å². The molecule has 6 rings (SSSR count). The van der Waals surface area contributed by atoms with Gasteiger partial charge >= 0.3 is 5.97 Å². The molecular weight excluding hydrogens is 482 g/mol. The minimum absolute atomic E-state index is 0.0490. The predicted molar refractivity (Wildman–Crippen MR) is 133 cm³/mol. The number of carbonyl (C=O) groups is 3. The summed E-state index contributed by atoms with van der Waals surface area (Å²) in [6, 6.07) is 13.7. The van der Waals surface area contributed by atoms with Crippen molar-refractivity contribution >= 4 is 50.9 Å². The lowest BCUT2D eigenvalue weighted by Crippen LogP contribution is -2.53. The largest absolute Gasteiger partial charge is 0.465 e. The Balaban J connectivity index is 1.75. The van der Waals surface area contributed by atoms with Crippen molar-refractivity contribution in [1.82, 2.24) is 4.98 Å². The number of ether oxygens (including phenoxy) is 1. The average Bonchev–Trinajstić information content (AvgIpc) is 3.48. The molecule has 180 valence electrons. The normalized spacial score (nSPS) is 18.3. The molecule has 2 aliphatic heterocycles. The first-order valence-corrected chi connectivity index (χ1v) is 12.1. The topological polar surface area (TPSA) is 110 Å². The Morgan fingerprint density at radius 3 is 2.58 bits per heavy atom. The molecule has 1 atom stereocenters. The molecule has 0 radical (unpaired) electrons. The Morgan fingerprint density at radius 1 is 1.11 bits per heavy atom. The summed E-state index contributed by atoms with van der Waals surface area (Å²) in [6.07, 6.45) is 0. The molecule has 0 bridgehead atoms. The lowest BCUT2D eigenvalue weighted by atomic mass is 9.84. The van der Waals surface area contributed by atoms with Gasteiger partial charge in [0.25, 0.3) is 11.8 Å². The van der Waals surface area contributed by atoms with E-state index in [2.05, 4.69) is 4.98 Å². The van der Waals surface area contributed by atoms with Crippen LogP contribution < -0.4 is 15.2 Å². The number of rotatable bonds is 3. The van der Waals surface area contributed by atoms with Crippen LogP contribution in [-0.2, 0) is 15.1 Å². The molecule has 1 unspecified atom stereocenters. The molecule has 36 heavy (non-hydrogen) atoms. The van der Waals surface area contributed by atoms with Crippen LogP contribution in [0.15, 0.2) is 57.7 Å². The summed E-state index contributed by atoms with van der Waals surface area (Å²) < 4.78 is 10.9. The van der Waals surface area contributed by atoms with Gasteiger partial charge in [-0.3, -0.25) is 19.3 Å². The number of methoxy groups -OCH3 is 1. The summed E-state index contributed by atoms with van der Waals surface area (Å²) in [5.41, 5.74) is -0.707. The van der Waals surface area contributed by atoms with E-state index in [4.69, 9.17) is 9.15 Å². The van der Waals surface area contributed by atoms with Crippen molar-refractivity contribution < 1.29 is 23.5 Å². The molecule has 0 saturated heterocycles. The Labute approximate surface area is 208 Å². The Morgan fingerprint density at radius 2 is 1.83 bits per heavy atom. The van der Waals surface area contributed by atoms with Gasteiger partial charge in [0.1, 0.15) is 10.5 Å². The van der Waals surface area contributed by atoms with Crippen molar-refractivity contribution in [2.75, 3.05) is 23.5 Å². The van der Waals surface area contributed by atoms with Crippen molar-refractivity contribution in [3.8, 4) is 0 Å². The summed E-state index contributed by atoms with van der Waals surface area (Å²) in [5, 5.41) is 0.352. The lowest BCUT2D eigenvalue weighted by molar-refractivity contribution is -0.121. The average molecular weight is 502 g/mol. The number of nitrogens with zero attached hydrogens (tertiary/aromatic N) is 3. The number of esters is 1. The van der Waals surface area contributed by atoms with Gasteiger partial charge in [-0.1, -0.05) is 41.7 Å². The van der Waals surface area contributed by atoms with Gasteiger partial charge < -0.3 is 14.1 Å². The smallest absolute Gasteiger partial charge is 0.350 e. The highest BCUT2D eigenvalue weighted by molar-refractivity contribution is 7.17. The monoisotopic (exact) mass is 501 g/mol. The molecule has 0 aliphatic carbocycles. The van der Waals surface area contributed by atoms with Crippen LogP contribution in [0.3, 0.4) is 0 Å². The summed E-state index contributed by atoms with van der Waals surface area (Å²) >= 11 is 0.925. The minimum Gasteiger partial charge on any atom is -0.465 e. The molecule has 2 amide bonds. The van der Waals surface area contributed by atoms with Gasteiger partial charge in [-0.25, -0.2) is 9.78 Å². The fourth-order valence-corrected chi connectivity index (χ4v) is 6.22. The van der Waals surface area contributed by atoms with E-state index in [1.807, 2.05) is 6.92 Å². The maximum Gasteiger partial charge on any atom is 0.350 e. The highest BCUT2D eigenvalue weighted by atomic mass is 32.1. The molecule has 0 N–H and O–H groups in total. The molecule has 2 aliphatic rings. The van der Waals surface area contributed by atoms with Crippen molar-refractivity contribution in [3.63, 3.8) is 0 Å². The summed E-state index contributed by atoms with van der Waals surface area (Å²) in [7, 11) is 1.25. The first-order chi connectivity index (χ1) is 17.4. The van der Waals surface area contributed by atoms with Crippen LogP contribution in [0.5, 0.6) is 0 Å². The van der Waals surface area contributed by atoms with Crippen LogP contribution in [0.2, 0.25) is 0 Å². The van der Waals surface area contributed by atoms with Gasteiger partial charge in [0.2, 0.25) is 5.76 Å². The highest BCUT2D eigenvalue weighted by Crippen LogP contribution is 2.54. The predicted octanol–water partition coefficient (Wildman–Crippen LogP) is 3.62. The standard InChI is InChI=1S/C26H19N3O6S/c1-4-28-16-11-7-6-10-15(16)26(24(28)33)18-19(30)14-9-5-8-12-17(14)35-20(18)22(31)29(26)25-27-13(2)21(36-25)23(32)34-3/h5-12H,4H2,1-3H3. The van der Waals surface area contributed by atoms with E-state index in [1.165, 1.54) is 12.0 Å². The van der Waals surface area contributed by atoms with E-state index in [-0.39, 0.29) is 32.3 Å².